The van der Waals surface area contributed by atoms with Crippen LogP contribution in [0.4, 0.5) is 0 Å². The van der Waals surface area contributed by atoms with E-state index in [-0.39, 0.29) is 24.2 Å². The Labute approximate surface area is 192 Å². The van der Waals surface area contributed by atoms with Crippen LogP contribution < -0.4 is 5.32 Å². The lowest BCUT2D eigenvalue weighted by Gasteiger charge is -2.33. The monoisotopic (exact) mass is 489 g/mol. The molecule has 1 aromatic carbocycles. The number of carbonyl (C=O) groups is 2. The third kappa shape index (κ3) is 7.40. The second kappa shape index (κ2) is 11.3. The van der Waals surface area contributed by atoms with Crippen LogP contribution in [0.25, 0.3) is 0 Å². The largest absolute Gasteiger partial charge is 0.481 e. The Kier molecular flexibility index (Phi) is 8.79. The van der Waals surface area contributed by atoms with Crippen molar-refractivity contribution in [2.24, 2.45) is 0 Å². The zero-order valence-corrected chi connectivity index (χ0v) is 19.1. The summed E-state index contributed by atoms with van der Waals surface area (Å²) in [7, 11) is 0. The minimum atomic E-state index is -0.921. The Hall–Kier alpha value is -1.36. The maximum Gasteiger partial charge on any atom is 0.309 e. The molecular weight excluding hydrogens is 469 g/mol. The van der Waals surface area contributed by atoms with Gasteiger partial charge in [0.05, 0.1) is 40.6 Å². The number of carboxylic acids is 1. The van der Waals surface area contributed by atoms with Crippen LogP contribution in [-0.4, -0.2) is 65.0 Å². The number of thioether (sulfide) groups is 1. The van der Waals surface area contributed by atoms with Crippen molar-refractivity contribution in [1.82, 2.24) is 15.2 Å². The van der Waals surface area contributed by atoms with Crippen LogP contribution in [0.2, 0.25) is 10.0 Å². The fraction of sp³-hybridized carbons (Fsp3) is 0.421. The van der Waals surface area contributed by atoms with Crippen LogP contribution in [0, 0.1) is 0 Å². The summed E-state index contributed by atoms with van der Waals surface area (Å²) in [6.45, 7) is 3.28. The fourth-order valence-corrected chi connectivity index (χ4v) is 4.94. The van der Waals surface area contributed by atoms with E-state index in [4.69, 9.17) is 33.0 Å². The zero-order chi connectivity index (χ0) is 21.5. The molecule has 0 saturated carbocycles. The summed E-state index contributed by atoms with van der Waals surface area (Å²) in [6.07, 6.45) is -0.196. The van der Waals surface area contributed by atoms with Crippen LogP contribution in [0.15, 0.2) is 27.9 Å². The number of carboxylic acid groups (broad SMARTS) is 1. The lowest BCUT2D eigenvalue weighted by atomic mass is 10.2. The molecule has 0 radical (unpaired) electrons. The molecule has 2 N–H and O–H groups in total. The van der Waals surface area contributed by atoms with Gasteiger partial charge in [-0.25, -0.2) is 4.98 Å². The number of aromatic nitrogens is 1. The number of hydrogen-bond donors (Lipinski definition) is 2. The summed E-state index contributed by atoms with van der Waals surface area (Å²) in [5.41, 5.74) is 1.59. The molecule has 162 valence electrons. The molecule has 0 aliphatic carbocycles. The first-order chi connectivity index (χ1) is 14.4. The quantitative estimate of drug-likeness (QED) is 0.522. The minimum Gasteiger partial charge on any atom is -0.481 e. The smallest absolute Gasteiger partial charge is 0.309 e. The van der Waals surface area contributed by atoms with E-state index < -0.39 is 5.97 Å². The molecule has 0 bridgehead atoms. The van der Waals surface area contributed by atoms with E-state index in [1.54, 1.807) is 11.4 Å². The number of nitrogens with zero attached hydrogens (tertiary/aromatic N) is 2. The highest BCUT2D eigenvalue weighted by Crippen LogP contribution is 2.24. The molecule has 0 spiro atoms. The molecule has 2 heterocycles. The summed E-state index contributed by atoms with van der Waals surface area (Å²) >= 11 is 14.7. The molecule has 7 nitrogen and oxygen atoms in total. The predicted octanol–water partition coefficient (Wildman–Crippen LogP) is 3.19. The van der Waals surface area contributed by atoms with Gasteiger partial charge in [0.1, 0.15) is 0 Å². The van der Waals surface area contributed by atoms with Crippen LogP contribution in [0.5, 0.6) is 0 Å². The number of morpholine rings is 1. The number of amides is 1. The Morgan fingerprint density at radius 3 is 2.97 bits per heavy atom. The molecule has 11 heteroatoms. The molecule has 1 saturated heterocycles. The number of nitrogens with one attached hydrogen (secondary N) is 1. The molecule has 3 rings (SSSR count). The Morgan fingerprint density at radius 2 is 2.20 bits per heavy atom. The summed E-state index contributed by atoms with van der Waals surface area (Å²) in [6, 6.07) is 5.62. The molecule has 30 heavy (non-hydrogen) atoms. The number of aliphatic carboxylic acids is 1. The van der Waals surface area contributed by atoms with Crippen LogP contribution in [-0.2, 0) is 27.3 Å². The summed E-state index contributed by atoms with van der Waals surface area (Å²) in [5.74, 6) is -0.810. The first kappa shape index (κ1) is 23.3. The van der Waals surface area contributed by atoms with Gasteiger partial charge >= 0.3 is 5.97 Å². The van der Waals surface area contributed by atoms with Gasteiger partial charge in [-0.05, 0) is 17.7 Å². The average molecular weight is 490 g/mol. The first-order valence-electron chi connectivity index (χ1n) is 9.22. The van der Waals surface area contributed by atoms with E-state index in [0.717, 1.165) is 18.7 Å². The van der Waals surface area contributed by atoms with Gasteiger partial charge in [-0.2, -0.15) is 0 Å². The van der Waals surface area contributed by atoms with Gasteiger partial charge in [-0.15, -0.1) is 11.3 Å². The van der Waals surface area contributed by atoms with Crippen LogP contribution in [0.3, 0.4) is 0 Å². The van der Waals surface area contributed by atoms with Gasteiger partial charge in [0.2, 0.25) is 5.91 Å². The Balaban J connectivity index is 1.39. The second-order valence-corrected chi connectivity index (χ2v) is 9.64. The van der Waals surface area contributed by atoms with Crippen molar-refractivity contribution in [3.05, 3.63) is 44.9 Å². The summed E-state index contributed by atoms with van der Waals surface area (Å²) in [4.78, 5) is 29.3. The topological polar surface area (TPSA) is 91.8 Å². The number of rotatable bonds is 9. The van der Waals surface area contributed by atoms with Crippen LogP contribution >= 0.6 is 46.3 Å². The first-order valence-corrected chi connectivity index (χ1v) is 11.8. The van der Waals surface area contributed by atoms with Gasteiger partial charge in [-0.3, -0.25) is 14.5 Å². The van der Waals surface area contributed by atoms with E-state index in [0.29, 0.717) is 39.8 Å². The SMILES string of the molecule is O=C(O)Cc1csc(SCC(=O)NCC2CN(Cc3ccc(Cl)c(Cl)c3)CCO2)n1. The average Bonchev–Trinajstić information content (AvgIpc) is 3.14. The van der Waals surface area contributed by atoms with E-state index >= 15 is 0 Å². The second-order valence-electron chi connectivity index (χ2n) is 6.74. The van der Waals surface area contributed by atoms with Gasteiger partial charge in [-0.1, -0.05) is 41.0 Å². The zero-order valence-electron chi connectivity index (χ0n) is 16.0. The maximum atomic E-state index is 12.1. The summed E-state index contributed by atoms with van der Waals surface area (Å²) < 4.78 is 6.45. The van der Waals surface area contributed by atoms with Crippen molar-refractivity contribution < 1.29 is 19.4 Å². The molecule has 1 unspecified atom stereocenters. The Morgan fingerprint density at radius 1 is 1.37 bits per heavy atom. The van der Waals surface area contributed by atoms with E-state index in [1.165, 1.54) is 23.1 Å². The molecule has 1 aliphatic rings. The number of thiazole rings is 1. The molecule has 1 amide bonds. The van der Waals surface area contributed by atoms with Crippen molar-refractivity contribution >= 4 is 58.2 Å². The molecule has 2 aromatic rings. The highest BCUT2D eigenvalue weighted by atomic mass is 35.5. The van der Waals surface area contributed by atoms with Gasteiger partial charge in [0.25, 0.3) is 0 Å². The number of ether oxygens (including phenoxy) is 1. The van der Waals surface area contributed by atoms with Crippen molar-refractivity contribution in [3.63, 3.8) is 0 Å². The van der Waals surface area contributed by atoms with E-state index in [1.807, 2.05) is 12.1 Å². The lowest BCUT2D eigenvalue weighted by Crippen LogP contribution is -2.47. The molecule has 1 atom stereocenters. The standard InChI is InChI=1S/C19H21Cl2N3O4S2/c20-15-2-1-12(5-16(15)21)8-24-3-4-28-14(9-24)7-22-17(25)11-30-19-23-13(10-29-19)6-18(26)27/h1-2,5,10,14H,3-4,6-9,11H2,(H,22,25)(H,26,27). The van der Waals surface area contributed by atoms with Gasteiger partial charge in [0, 0.05) is 31.6 Å². The molecule has 1 aromatic heterocycles. The number of benzene rings is 1. The third-order valence-electron chi connectivity index (χ3n) is 4.33. The lowest BCUT2D eigenvalue weighted by molar-refractivity contribution is -0.136. The number of halogens is 2. The fourth-order valence-electron chi connectivity index (χ4n) is 2.94. The van der Waals surface area contributed by atoms with Gasteiger partial charge in [0.15, 0.2) is 4.34 Å². The van der Waals surface area contributed by atoms with Crippen LogP contribution in [0.1, 0.15) is 11.3 Å². The molecule has 1 aliphatic heterocycles. The van der Waals surface area contributed by atoms with E-state index in [9.17, 15) is 9.59 Å². The number of carbonyl (C=O) groups excluding carboxylic acids is 1. The highest BCUT2D eigenvalue weighted by molar-refractivity contribution is 8.01. The minimum absolute atomic E-state index is 0.0856. The normalized spacial score (nSPS) is 17.1. The van der Waals surface area contributed by atoms with Crippen molar-refractivity contribution in [3.8, 4) is 0 Å². The van der Waals surface area contributed by atoms with E-state index in [2.05, 4.69) is 15.2 Å². The molecular formula is C19H21Cl2N3O4S2. The third-order valence-corrected chi connectivity index (χ3v) is 7.14. The summed E-state index contributed by atoms with van der Waals surface area (Å²) in [5, 5.41) is 14.5. The predicted molar refractivity (Wildman–Crippen MR) is 119 cm³/mol. The van der Waals surface area contributed by atoms with Crippen molar-refractivity contribution in [2.45, 2.75) is 23.4 Å². The number of hydrogen-bond acceptors (Lipinski definition) is 7. The van der Waals surface area contributed by atoms with Crippen molar-refractivity contribution in [1.29, 1.82) is 0 Å². The molecule has 1 fully saturated rings. The maximum absolute atomic E-state index is 12.1. The van der Waals surface area contributed by atoms with Gasteiger partial charge < -0.3 is 15.2 Å². The Bertz CT molecular complexity index is 896. The highest BCUT2D eigenvalue weighted by Gasteiger charge is 2.21. The van der Waals surface area contributed by atoms with Crippen molar-refractivity contribution in [2.75, 3.05) is 32.0 Å².